The topological polar surface area (TPSA) is 55.1 Å². The molecule has 0 N–H and O–H groups in total. The van der Waals surface area contributed by atoms with E-state index in [1.54, 1.807) is 46.9 Å². The number of hydrogen-bond donors (Lipinski definition) is 0. The molecule has 1 aliphatic rings. The number of benzene rings is 2. The molecule has 0 saturated heterocycles. The molecular weight excluding hydrogens is 755 g/mol. The molecule has 0 amide bonds. The minimum absolute atomic E-state index is 0.0534. The zero-order valence-corrected chi connectivity index (χ0v) is 31.3. The predicted molar refractivity (Wildman–Crippen MR) is 180 cm³/mol. The van der Waals surface area contributed by atoms with Crippen molar-refractivity contribution in [1.29, 1.82) is 5.26 Å². The maximum atomic E-state index is 12.9. The summed E-state index contributed by atoms with van der Waals surface area (Å²) in [5.41, 5.74) is -0.177. The summed E-state index contributed by atoms with van der Waals surface area (Å²) in [6, 6.07) is 13.3. The molecule has 1 aliphatic carbocycles. The zero-order chi connectivity index (χ0) is 39.3. The highest BCUT2D eigenvalue weighted by Gasteiger charge is 2.46. The summed E-state index contributed by atoms with van der Waals surface area (Å²) in [7, 11) is 1.56. The van der Waals surface area contributed by atoms with E-state index in [4.69, 9.17) is 10.00 Å². The van der Waals surface area contributed by atoms with Crippen LogP contribution in [-0.4, -0.2) is 18.5 Å². The van der Waals surface area contributed by atoms with E-state index in [9.17, 15) is 39.5 Å². The number of ether oxygens (including phenoxy) is 2. The lowest BCUT2D eigenvalue weighted by Crippen LogP contribution is -2.20. The van der Waals surface area contributed by atoms with Gasteiger partial charge < -0.3 is 9.47 Å². The van der Waals surface area contributed by atoms with Crippen LogP contribution in [0.25, 0.3) is 0 Å². The van der Waals surface area contributed by atoms with Gasteiger partial charge in [0.1, 0.15) is 11.4 Å². The van der Waals surface area contributed by atoms with Crippen LogP contribution in [0.1, 0.15) is 125 Å². The summed E-state index contributed by atoms with van der Waals surface area (Å²) in [4.78, 5) is 3.58. The van der Waals surface area contributed by atoms with Crippen LogP contribution in [0.15, 0.2) is 53.0 Å². The molecule has 4 nitrogen and oxygen atoms in total. The summed E-state index contributed by atoms with van der Waals surface area (Å²) >= 11 is 3.14. The van der Waals surface area contributed by atoms with Crippen molar-refractivity contribution in [2.24, 2.45) is 0 Å². The average molecular weight is 798 g/mol. The lowest BCUT2D eigenvalue weighted by molar-refractivity contribution is -0.274. The number of aromatic nitrogens is 1. The zero-order valence-electron chi connectivity index (χ0n) is 29.8. The lowest BCUT2D eigenvalue weighted by atomic mass is 9.88. The third kappa shape index (κ3) is 13.0. The fourth-order valence-corrected chi connectivity index (χ4v) is 5.14. The molecule has 1 saturated carbocycles. The molecule has 0 bridgehead atoms. The first-order chi connectivity index (χ1) is 23.1. The van der Waals surface area contributed by atoms with E-state index in [0.29, 0.717) is 21.2 Å². The Morgan fingerprint density at radius 2 is 1.20 bits per heavy atom. The SMILES string of the molecule is CC(C)c1cc(Br)cc(OC(F)(F)F)c1.CC(C)c1cc(C(F)(F)F)nc(C(C)(C)C#N)c1.COC1(c2cc(C(C)C)cc(C(F)(F)F)c2)CC1. The summed E-state index contributed by atoms with van der Waals surface area (Å²) in [5, 5.41) is 9.00. The lowest BCUT2D eigenvalue weighted by Gasteiger charge is -2.19. The number of rotatable bonds is 7. The van der Waals surface area contributed by atoms with Crippen molar-refractivity contribution in [3.05, 3.63) is 92.2 Å². The van der Waals surface area contributed by atoms with Gasteiger partial charge in [0.25, 0.3) is 0 Å². The Hall–Kier alpha value is -3.31. The quantitative estimate of drug-likeness (QED) is 0.224. The highest BCUT2D eigenvalue weighted by molar-refractivity contribution is 9.10. The number of alkyl halides is 9. The van der Waals surface area contributed by atoms with Crippen molar-refractivity contribution in [3.8, 4) is 11.8 Å². The van der Waals surface area contributed by atoms with Crippen LogP contribution >= 0.6 is 15.9 Å². The number of hydrogen-bond acceptors (Lipinski definition) is 4. The first kappa shape index (κ1) is 43.9. The Kier molecular flexibility index (Phi) is 14.2. The minimum Gasteiger partial charge on any atom is -0.406 e. The van der Waals surface area contributed by atoms with Crippen molar-refractivity contribution in [1.82, 2.24) is 4.98 Å². The molecule has 1 fully saturated rings. The second-order valence-corrected chi connectivity index (χ2v) is 14.6. The largest absolute Gasteiger partial charge is 0.573 e. The third-order valence-electron chi connectivity index (χ3n) is 8.09. The number of nitrogens with zero attached hydrogens (tertiary/aromatic N) is 2. The van der Waals surface area contributed by atoms with E-state index in [1.165, 1.54) is 24.3 Å². The van der Waals surface area contributed by atoms with Gasteiger partial charge in [-0.3, -0.25) is 0 Å². The maximum absolute atomic E-state index is 12.9. The van der Waals surface area contributed by atoms with Crippen molar-refractivity contribution in [2.45, 2.75) is 116 Å². The molecule has 0 spiro atoms. The number of halogens is 10. The number of nitriles is 1. The summed E-state index contributed by atoms with van der Waals surface area (Å²) in [5.74, 6) is -0.0280. The van der Waals surface area contributed by atoms with E-state index in [0.717, 1.165) is 24.5 Å². The summed E-state index contributed by atoms with van der Waals surface area (Å²) < 4.78 is 123. The Labute approximate surface area is 301 Å². The van der Waals surface area contributed by atoms with Crippen LogP contribution in [0.4, 0.5) is 39.5 Å². The van der Waals surface area contributed by atoms with E-state index >= 15 is 0 Å². The van der Waals surface area contributed by atoms with Crippen molar-refractivity contribution in [2.75, 3.05) is 7.11 Å². The molecule has 0 atom stereocenters. The molecule has 1 aromatic heterocycles. The van der Waals surface area contributed by atoms with E-state index in [1.807, 2.05) is 39.8 Å². The molecule has 4 rings (SSSR count). The van der Waals surface area contributed by atoms with Gasteiger partial charge in [-0.15, -0.1) is 13.2 Å². The van der Waals surface area contributed by atoms with Crippen LogP contribution in [-0.2, 0) is 28.1 Å². The Morgan fingerprint density at radius 1 is 0.706 bits per heavy atom. The molecular formula is C37H42BrF9N2O2. The highest BCUT2D eigenvalue weighted by Crippen LogP contribution is 2.50. The van der Waals surface area contributed by atoms with E-state index in [-0.39, 0.29) is 29.2 Å². The maximum Gasteiger partial charge on any atom is 0.573 e. The predicted octanol–water partition coefficient (Wildman–Crippen LogP) is 13.0. The molecule has 0 aliphatic heterocycles. The minimum atomic E-state index is -4.64. The van der Waals surface area contributed by atoms with E-state index in [2.05, 4.69) is 25.7 Å². The van der Waals surface area contributed by atoms with Crippen LogP contribution < -0.4 is 4.74 Å². The third-order valence-corrected chi connectivity index (χ3v) is 8.55. The van der Waals surface area contributed by atoms with E-state index < -0.39 is 41.0 Å². The second-order valence-electron chi connectivity index (χ2n) is 13.7. The molecule has 0 unspecified atom stereocenters. The highest BCUT2D eigenvalue weighted by atomic mass is 79.9. The first-order valence-corrected chi connectivity index (χ1v) is 16.8. The van der Waals surface area contributed by atoms with Crippen LogP contribution in [0.3, 0.4) is 0 Å². The number of pyridine rings is 1. The van der Waals surface area contributed by atoms with Crippen LogP contribution in [0, 0.1) is 11.3 Å². The Balaban J connectivity index is 0.000000267. The van der Waals surface area contributed by atoms with Gasteiger partial charge in [-0.2, -0.15) is 31.6 Å². The smallest absolute Gasteiger partial charge is 0.406 e. The standard InChI is InChI=1S/C14H17F3O.C13H15F3N2.C10H10BrF3O/c1-9(2)10-6-11(13(18-3)4-5-13)8-12(7-10)14(15,16)17;1-8(2)9-5-10(12(3,4)7-17)18-11(6-9)13(14,15)16;1-6(2)7-3-8(11)5-9(4-7)15-10(12,13)14/h6-9H,4-5H2,1-3H3;5-6,8H,1-4H3;3-6H,1-2H3. The average Bonchev–Trinajstić information content (AvgIpc) is 3.81. The molecule has 282 valence electrons. The first-order valence-electron chi connectivity index (χ1n) is 16.0. The van der Waals surface area contributed by atoms with Crippen molar-refractivity contribution in [3.63, 3.8) is 0 Å². The van der Waals surface area contributed by atoms with Crippen LogP contribution in [0.2, 0.25) is 0 Å². The second kappa shape index (κ2) is 16.6. The van der Waals surface area contributed by atoms with Gasteiger partial charge in [0.05, 0.1) is 28.3 Å². The van der Waals surface area contributed by atoms with Crippen LogP contribution in [0.5, 0.6) is 5.75 Å². The van der Waals surface area contributed by atoms with Gasteiger partial charge in [-0.05, 0) is 109 Å². The summed E-state index contributed by atoms with van der Waals surface area (Å²) in [6.45, 7) is 14.3. The molecule has 2 aromatic carbocycles. The number of methoxy groups -OCH3 is 1. The van der Waals surface area contributed by atoms with Gasteiger partial charge in [-0.25, -0.2) is 4.98 Å². The van der Waals surface area contributed by atoms with Gasteiger partial charge in [0.15, 0.2) is 0 Å². The molecule has 14 heteroatoms. The molecule has 3 aromatic rings. The fraction of sp³-hybridized carbons (Fsp3) is 0.514. The van der Waals surface area contributed by atoms with Gasteiger partial charge in [0, 0.05) is 11.6 Å². The monoisotopic (exact) mass is 796 g/mol. The van der Waals surface area contributed by atoms with Gasteiger partial charge in [-0.1, -0.05) is 63.5 Å². The van der Waals surface area contributed by atoms with Gasteiger partial charge >= 0.3 is 18.7 Å². The van der Waals surface area contributed by atoms with Gasteiger partial charge in [0.2, 0.25) is 0 Å². The summed E-state index contributed by atoms with van der Waals surface area (Å²) in [6.07, 6.45) is -11.9. The fourth-order valence-electron chi connectivity index (χ4n) is 4.65. The Bertz CT molecular complexity index is 1670. The molecule has 1 heterocycles. The Morgan fingerprint density at radius 3 is 1.61 bits per heavy atom. The molecule has 0 radical (unpaired) electrons. The normalized spacial score (nSPS) is 14.4. The molecule has 51 heavy (non-hydrogen) atoms. The van der Waals surface area contributed by atoms with Crippen molar-refractivity contribution >= 4 is 15.9 Å². The van der Waals surface area contributed by atoms with Crippen molar-refractivity contribution < 1.29 is 49.0 Å².